The maximum Gasteiger partial charge on any atom is 0.273 e. The van der Waals surface area contributed by atoms with E-state index in [2.05, 4.69) is 10.9 Å². The van der Waals surface area contributed by atoms with E-state index in [1.165, 1.54) is 37.4 Å². The summed E-state index contributed by atoms with van der Waals surface area (Å²) in [7, 11) is 1.40. The Hall–Kier alpha value is -2.60. The molecule has 0 aromatic heterocycles. The molecule has 2 amide bonds. The van der Waals surface area contributed by atoms with Gasteiger partial charge >= 0.3 is 0 Å². The Labute approximate surface area is 137 Å². The van der Waals surface area contributed by atoms with Crippen LogP contribution in [0, 0.1) is 12.7 Å². The molecular weight excluding hydrogens is 323 g/mol. The number of halogens is 2. The van der Waals surface area contributed by atoms with Crippen molar-refractivity contribution < 1.29 is 18.7 Å². The number of carbonyl (C=O) groups is 2. The summed E-state index contributed by atoms with van der Waals surface area (Å²) in [6.45, 7) is 1.59. The largest absolute Gasteiger partial charge is 0.496 e. The maximum atomic E-state index is 13.4. The Morgan fingerprint density at radius 1 is 1.09 bits per heavy atom. The normalized spacial score (nSPS) is 10.1. The summed E-state index contributed by atoms with van der Waals surface area (Å²) in [4.78, 5) is 24.0. The molecule has 0 unspecified atom stereocenters. The van der Waals surface area contributed by atoms with E-state index in [0.29, 0.717) is 10.6 Å². The van der Waals surface area contributed by atoms with E-state index < -0.39 is 17.6 Å². The van der Waals surface area contributed by atoms with Crippen molar-refractivity contribution in [2.24, 2.45) is 0 Å². The van der Waals surface area contributed by atoms with Gasteiger partial charge in [-0.2, -0.15) is 0 Å². The average Bonchev–Trinajstić information content (AvgIpc) is 2.54. The van der Waals surface area contributed by atoms with Crippen LogP contribution in [0.4, 0.5) is 4.39 Å². The third-order valence-corrected chi connectivity index (χ3v) is 3.37. The van der Waals surface area contributed by atoms with Crippen LogP contribution in [0.15, 0.2) is 36.4 Å². The van der Waals surface area contributed by atoms with Crippen LogP contribution in [0.2, 0.25) is 5.02 Å². The van der Waals surface area contributed by atoms with Crippen LogP contribution in [0.25, 0.3) is 0 Å². The summed E-state index contributed by atoms with van der Waals surface area (Å²) in [6, 6.07) is 8.51. The lowest BCUT2D eigenvalue weighted by molar-refractivity contribution is 0.0844. The first-order chi connectivity index (χ1) is 10.9. The average molecular weight is 337 g/mol. The zero-order valence-corrected chi connectivity index (χ0v) is 13.2. The van der Waals surface area contributed by atoms with Gasteiger partial charge in [-0.15, -0.1) is 0 Å². The second-order valence-electron chi connectivity index (χ2n) is 4.72. The molecule has 0 bridgehead atoms. The zero-order valence-electron chi connectivity index (χ0n) is 12.4. The Balaban J connectivity index is 2.06. The van der Waals surface area contributed by atoms with Crippen LogP contribution in [-0.4, -0.2) is 18.9 Å². The fraction of sp³-hybridized carbons (Fsp3) is 0.125. The molecule has 0 aliphatic heterocycles. The highest BCUT2D eigenvalue weighted by atomic mass is 35.5. The third kappa shape index (κ3) is 3.98. The fourth-order valence-electron chi connectivity index (χ4n) is 1.84. The van der Waals surface area contributed by atoms with Crippen LogP contribution < -0.4 is 15.6 Å². The quantitative estimate of drug-likeness (QED) is 0.847. The van der Waals surface area contributed by atoms with E-state index >= 15 is 0 Å². The fourth-order valence-corrected chi connectivity index (χ4v) is 2.00. The first kappa shape index (κ1) is 16.8. The molecule has 0 spiro atoms. The Kier molecular flexibility index (Phi) is 5.18. The summed E-state index contributed by atoms with van der Waals surface area (Å²) < 4.78 is 18.5. The minimum atomic E-state index is -0.634. The maximum absolute atomic E-state index is 13.4. The van der Waals surface area contributed by atoms with E-state index in [-0.39, 0.29) is 16.9 Å². The molecule has 2 aromatic rings. The van der Waals surface area contributed by atoms with Gasteiger partial charge in [-0.1, -0.05) is 17.7 Å². The molecule has 2 aromatic carbocycles. The predicted molar refractivity (Wildman–Crippen MR) is 84.1 cm³/mol. The van der Waals surface area contributed by atoms with Crippen LogP contribution in [0.3, 0.4) is 0 Å². The number of aryl methyl sites for hydroxylation is 1. The minimum absolute atomic E-state index is 0.0940. The lowest BCUT2D eigenvalue weighted by Crippen LogP contribution is -2.41. The van der Waals surface area contributed by atoms with Crippen molar-refractivity contribution in [3.05, 3.63) is 63.9 Å². The highest BCUT2D eigenvalue weighted by Crippen LogP contribution is 2.22. The summed E-state index contributed by atoms with van der Waals surface area (Å²) >= 11 is 5.82. The van der Waals surface area contributed by atoms with E-state index in [9.17, 15) is 14.0 Å². The lowest BCUT2D eigenvalue weighted by Gasteiger charge is -2.11. The third-order valence-electron chi connectivity index (χ3n) is 3.13. The molecule has 0 saturated carbocycles. The molecule has 0 fully saturated rings. The topological polar surface area (TPSA) is 67.4 Å². The number of methoxy groups -OCH3 is 1. The smallest absolute Gasteiger partial charge is 0.273 e. The molecule has 0 saturated heterocycles. The van der Waals surface area contributed by atoms with E-state index in [1.54, 1.807) is 6.92 Å². The van der Waals surface area contributed by atoms with Gasteiger partial charge in [0.05, 0.1) is 12.7 Å². The summed E-state index contributed by atoms with van der Waals surface area (Å²) in [5.74, 6) is -1.45. The molecule has 0 aliphatic carbocycles. The molecule has 0 heterocycles. The number of hydrazine groups is 1. The van der Waals surface area contributed by atoms with Gasteiger partial charge in [0, 0.05) is 10.6 Å². The van der Waals surface area contributed by atoms with Gasteiger partial charge in [-0.25, -0.2) is 4.39 Å². The zero-order chi connectivity index (χ0) is 17.0. The number of hydrogen-bond donors (Lipinski definition) is 2. The van der Waals surface area contributed by atoms with Gasteiger partial charge in [0.25, 0.3) is 11.8 Å². The molecule has 0 aliphatic rings. The monoisotopic (exact) mass is 336 g/mol. The van der Waals surface area contributed by atoms with Gasteiger partial charge in [-0.3, -0.25) is 20.4 Å². The molecule has 120 valence electrons. The van der Waals surface area contributed by atoms with Crippen molar-refractivity contribution in [1.82, 2.24) is 10.9 Å². The van der Waals surface area contributed by atoms with Crippen LogP contribution in [-0.2, 0) is 0 Å². The minimum Gasteiger partial charge on any atom is -0.496 e. The number of nitrogens with one attached hydrogen (secondary N) is 2. The highest BCUT2D eigenvalue weighted by Gasteiger charge is 2.14. The second-order valence-corrected chi connectivity index (χ2v) is 5.15. The number of amides is 2. The SMILES string of the molecule is COc1cc(Cl)ccc1C(=O)NNC(=O)c1ccc(C)c(F)c1. The highest BCUT2D eigenvalue weighted by molar-refractivity contribution is 6.30. The molecule has 7 heteroatoms. The van der Waals surface area contributed by atoms with Crippen molar-refractivity contribution in [2.45, 2.75) is 6.92 Å². The van der Waals surface area contributed by atoms with Crippen LogP contribution in [0.5, 0.6) is 5.75 Å². The summed E-state index contributed by atoms with van der Waals surface area (Å²) in [5.41, 5.74) is 5.18. The molecule has 23 heavy (non-hydrogen) atoms. The van der Waals surface area contributed by atoms with Gasteiger partial charge in [0.15, 0.2) is 0 Å². The Morgan fingerprint density at radius 3 is 2.43 bits per heavy atom. The summed E-state index contributed by atoms with van der Waals surface area (Å²) in [6.07, 6.45) is 0. The predicted octanol–water partition coefficient (Wildman–Crippen LogP) is 2.87. The van der Waals surface area contributed by atoms with Crippen LogP contribution in [0.1, 0.15) is 26.3 Å². The molecular formula is C16H14ClFN2O3. The molecule has 2 rings (SSSR count). The number of ether oxygens (including phenoxy) is 1. The van der Waals surface area contributed by atoms with Gasteiger partial charge in [0.2, 0.25) is 0 Å². The number of carbonyl (C=O) groups excluding carboxylic acids is 2. The van der Waals surface area contributed by atoms with Crippen LogP contribution >= 0.6 is 11.6 Å². The Morgan fingerprint density at radius 2 is 1.78 bits per heavy atom. The standard InChI is InChI=1S/C16H14ClFN2O3/c1-9-3-4-10(7-13(9)18)15(21)19-20-16(22)12-6-5-11(17)8-14(12)23-2/h3-8H,1-2H3,(H,19,21)(H,20,22). The van der Waals surface area contributed by atoms with E-state index in [0.717, 1.165) is 6.07 Å². The lowest BCUT2D eigenvalue weighted by atomic mass is 10.1. The van der Waals surface area contributed by atoms with Gasteiger partial charge < -0.3 is 4.74 Å². The first-order valence-electron chi connectivity index (χ1n) is 6.62. The molecule has 2 N–H and O–H groups in total. The number of benzene rings is 2. The molecule has 0 radical (unpaired) electrons. The van der Waals surface area contributed by atoms with Gasteiger partial charge in [0.1, 0.15) is 11.6 Å². The van der Waals surface area contributed by atoms with Crippen molar-refractivity contribution in [1.29, 1.82) is 0 Å². The van der Waals surface area contributed by atoms with Crippen molar-refractivity contribution >= 4 is 23.4 Å². The number of hydrogen-bond acceptors (Lipinski definition) is 3. The summed E-state index contributed by atoms with van der Waals surface area (Å²) in [5, 5.41) is 0.414. The molecule has 5 nitrogen and oxygen atoms in total. The van der Waals surface area contributed by atoms with E-state index in [4.69, 9.17) is 16.3 Å². The van der Waals surface area contributed by atoms with Crippen molar-refractivity contribution in [3.8, 4) is 5.75 Å². The molecule has 0 atom stereocenters. The van der Waals surface area contributed by atoms with E-state index in [1.807, 2.05) is 0 Å². The van der Waals surface area contributed by atoms with Crippen molar-refractivity contribution in [3.63, 3.8) is 0 Å². The Bertz CT molecular complexity index is 765. The second kappa shape index (κ2) is 7.11. The van der Waals surface area contributed by atoms with Crippen molar-refractivity contribution in [2.75, 3.05) is 7.11 Å². The first-order valence-corrected chi connectivity index (χ1v) is 7.00. The van der Waals surface area contributed by atoms with Gasteiger partial charge in [-0.05, 0) is 42.8 Å². The number of rotatable bonds is 3.